The number of amides is 4. The molecule has 1 heterocycles. The molecule has 0 unspecified atom stereocenters. The van der Waals surface area contributed by atoms with Crippen molar-refractivity contribution in [2.45, 2.75) is 6.61 Å². The summed E-state index contributed by atoms with van der Waals surface area (Å²) < 4.78 is 14.0. The summed E-state index contributed by atoms with van der Waals surface area (Å²) in [5.74, 6) is -0.488. The zero-order chi connectivity index (χ0) is 25.1. The predicted molar refractivity (Wildman–Crippen MR) is 147 cm³/mol. The molecule has 35 heavy (non-hydrogen) atoms. The highest BCUT2D eigenvalue weighted by atomic mass is 127. The molecule has 10 heteroatoms. The van der Waals surface area contributed by atoms with Crippen molar-refractivity contribution in [2.75, 3.05) is 12.0 Å². The van der Waals surface area contributed by atoms with E-state index in [1.807, 2.05) is 24.3 Å². The first-order valence-electron chi connectivity index (χ1n) is 10.2. The van der Waals surface area contributed by atoms with Gasteiger partial charge in [0.25, 0.3) is 11.8 Å². The van der Waals surface area contributed by atoms with Gasteiger partial charge in [0.05, 0.1) is 16.4 Å². The third kappa shape index (κ3) is 5.76. The summed E-state index contributed by atoms with van der Waals surface area (Å²) in [6, 6.07) is 17.0. The first kappa shape index (κ1) is 25.4. The molecule has 1 aliphatic heterocycles. The standard InChI is InChI=1S/C25H17Br2IN2O5/c1-34-21-12-15(11-20(28)22(21)35-13-14-2-4-16(26)5-3-14)10-19-23(31)29-25(33)30(24(19)32)18-8-6-17(27)7-9-18/h2-12H,13H2,1H3,(H,29,31,33)/b19-10+. The van der Waals surface area contributed by atoms with Crippen LogP contribution in [0.1, 0.15) is 11.1 Å². The molecule has 0 radical (unpaired) electrons. The smallest absolute Gasteiger partial charge is 0.335 e. The van der Waals surface area contributed by atoms with Gasteiger partial charge in [-0.3, -0.25) is 14.9 Å². The normalized spacial score (nSPS) is 14.8. The monoisotopic (exact) mass is 710 g/mol. The molecule has 1 saturated heterocycles. The number of barbiturate groups is 1. The lowest BCUT2D eigenvalue weighted by Crippen LogP contribution is -2.54. The number of methoxy groups -OCH3 is 1. The molecule has 0 aliphatic carbocycles. The number of anilines is 1. The number of urea groups is 1. The third-order valence-electron chi connectivity index (χ3n) is 5.05. The van der Waals surface area contributed by atoms with Crippen molar-refractivity contribution in [3.8, 4) is 11.5 Å². The van der Waals surface area contributed by atoms with Gasteiger partial charge in [0.15, 0.2) is 11.5 Å². The zero-order valence-corrected chi connectivity index (χ0v) is 23.5. The van der Waals surface area contributed by atoms with Crippen molar-refractivity contribution >= 4 is 84.1 Å². The van der Waals surface area contributed by atoms with Gasteiger partial charge < -0.3 is 9.47 Å². The van der Waals surface area contributed by atoms with E-state index in [1.165, 1.54) is 13.2 Å². The predicted octanol–water partition coefficient (Wildman–Crippen LogP) is 6.07. The van der Waals surface area contributed by atoms with Gasteiger partial charge in [0, 0.05) is 8.95 Å². The van der Waals surface area contributed by atoms with Crippen LogP contribution in [0.4, 0.5) is 10.5 Å². The molecule has 0 bridgehead atoms. The molecule has 0 spiro atoms. The fourth-order valence-electron chi connectivity index (χ4n) is 3.35. The van der Waals surface area contributed by atoms with Crippen LogP contribution in [-0.4, -0.2) is 25.0 Å². The maximum absolute atomic E-state index is 13.1. The summed E-state index contributed by atoms with van der Waals surface area (Å²) in [6.45, 7) is 0.339. The van der Waals surface area contributed by atoms with Crippen LogP contribution in [0, 0.1) is 3.57 Å². The van der Waals surface area contributed by atoms with Gasteiger partial charge in [-0.15, -0.1) is 0 Å². The Bertz CT molecular complexity index is 1340. The van der Waals surface area contributed by atoms with Crippen LogP contribution in [0.25, 0.3) is 6.08 Å². The number of ether oxygens (including phenoxy) is 2. The molecular formula is C25H17Br2IN2O5. The summed E-state index contributed by atoms with van der Waals surface area (Å²) >= 11 is 8.85. The Morgan fingerprint density at radius 3 is 2.23 bits per heavy atom. The van der Waals surface area contributed by atoms with Crippen LogP contribution in [0.15, 0.2) is 75.2 Å². The van der Waals surface area contributed by atoms with E-state index in [-0.39, 0.29) is 5.57 Å². The van der Waals surface area contributed by atoms with Gasteiger partial charge in [-0.1, -0.05) is 44.0 Å². The Hall–Kier alpha value is -2.70. The van der Waals surface area contributed by atoms with Crippen molar-refractivity contribution in [1.82, 2.24) is 5.32 Å². The molecule has 3 aromatic carbocycles. The van der Waals surface area contributed by atoms with Gasteiger partial charge in [0.2, 0.25) is 0 Å². The van der Waals surface area contributed by atoms with Crippen molar-refractivity contribution < 1.29 is 23.9 Å². The van der Waals surface area contributed by atoms with Crippen molar-refractivity contribution in [1.29, 1.82) is 0 Å². The molecule has 1 aliphatic rings. The number of nitrogens with zero attached hydrogens (tertiary/aromatic N) is 1. The van der Waals surface area contributed by atoms with Crippen LogP contribution in [0.3, 0.4) is 0 Å². The number of halogens is 3. The van der Waals surface area contributed by atoms with E-state index >= 15 is 0 Å². The minimum absolute atomic E-state index is 0.172. The lowest BCUT2D eigenvalue weighted by Gasteiger charge is -2.26. The number of hydrogen-bond donors (Lipinski definition) is 1. The summed E-state index contributed by atoms with van der Waals surface area (Å²) in [4.78, 5) is 39.0. The minimum atomic E-state index is -0.802. The van der Waals surface area contributed by atoms with Gasteiger partial charge in [0.1, 0.15) is 12.2 Å². The van der Waals surface area contributed by atoms with Crippen LogP contribution >= 0.6 is 54.5 Å². The first-order valence-corrected chi connectivity index (χ1v) is 12.8. The fourth-order valence-corrected chi connectivity index (χ4v) is 4.66. The molecule has 7 nitrogen and oxygen atoms in total. The van der Waals surface area contributed by atoms with E-state index in [1.54, 1.807) is 36.4 Å². The lowest BCUT2D eigenvalue weighted by atomic mass is 10.1. The number of rotatable bonds is 6. The molecule has 0 saturated carbocycles. The van der Waals surface area contributed by atoms with Gasteiger partial charge in [-0.05, 0) is 88.3 Å². The maximum atomic E-state index is 13.1. The highest BCUT2D eigenvalue weighted by Gasteiger charge is 2.36. The summed E-state index contributed by atoms with van der Waals surface area (Å²) in [7, 11) is 1.52. The average molecular weight is 712 g/mol. The molecule has 3 aromatic rings. The summed E-state index contributed by atoms with van der Waals surface area (Å²) in [5.41, 5.74) is 1.71. The summed E-state index contributed by atoms with van der Waals surface area (Å²) in [6.07, 6.45) is 1.43. The SMILES string of the molecule is COc1cc(/C=C2\C(=O)NC(=O)N(c3ccc(Br)cc3)C2=O)cc(I)c1OCc1ccc(Br)cc1. The van der Waals surface area contributed by atoms with Crippen LogP contribution < -0.4 is 19.7 Å². The molecule has 4 rings (SSSR count). The first-order chi connectivity index (χ1) is 16.8. The Morgan fingerprint density at radius 2 is 1.60 bits per heavy atom. The largest absolute Gasteiger partial charge is 0.493 e. The van der Waals surface area contributed by atoms with E-state index < -0.39 is 17.8 Å². The van der Waals surface area contributed by atoms with Gasteiger partial charge >= 0.3 is 6.03 Å². The number of carbonyl (C=O) groups excluding carboxylic acids is 3. The topological polar surface area (TPSA) is 84.9 Å². The van der Waals surface area contributed by atoms with E-state index in [0.717, 1.165) is 23.0 Å². The lowest BCUT2D eigenvalue weighted by molar-refractivity contribution is -0.122. The van der Waals surface area contributed by atoms with Crippen molar-refractivity contribution in [2.24, 2.45) is 0 Å². The molecule has 4 amide bonds. The van der Waals surface area contributed by atoms with Gasteiger partial charge in [-0.2, -0.15) is 0 Å². The Morgan fingerprint density at radius 1 is 0.971 bits per heavy atom. The average Bonchev–Trinajstić information content (AvgIpc) is 2.83. The second-order valence-electron chi connectivity index (χ2n) is 7.38. The van der Waals surface area contributed by atoms with Crippen molar-refractivity contribution in [3.05, 3.63) is 89.9 Å². The van der Waals surface area contributed by atoms with Crippen LogP contribution in [0.2, 0.25) is 0 Å². The fraction of sp³-hybridized carbons (Fsp3) is 0.0800. The minimum Gasteiger partial charge on any atom is -0.493 e. The Balaban J connectivity index is 1.63. The molecule has 1 fully saturated rings. The van der Waals surface area contributed by atoms with E-state index in [2.05, 4.69) is 59.8 Å². The van der Waals surface area contributed by atoms with E-state index in [4.69, 9.17) is 9.47 Å². The molecule has 0 aromatic heterocycles. The van der Waals surface area contributed by atoms with Gasteiger partial charge in [-0.25, -0.2) is 9.69 Å². The Kier molecular flexibility index (Phi) is 7.92. The zero-order valence-electron chi connectivity index (χ0n) is 18.2. The highest BCUT2D eigenvalue weighted by molar-refractivity contribution is 14.1. The number of carbonyl (C=O) groups is 3. The molecular weight excluding hydrogens is 695 g/mol. The van der Waals surface area contributed by atoms with Crippen LogP contribution in [0.5, 0.6) is 11.5 Å². The number of hydrogen-bond acceptors (Lipinski definition) is 5. The van der Waals surface area contributed by atoms with Crippen LogP contribution in [-0.2, 0) is 16.2 Å². The number of imide groups is 2. The second kappa shape index (κ2) is 10.9. The molecule has 0 atom stereocenters. The second-order valence-corrected chi connectivity index (χ2v) is 10.4. The molecule has 1 N–H and O–H groups in total. The maximum Gasteiger partial charge on any atom is 0.335 e. The summed E-state index contributed by atoms with van der Waals surface area (Å²) in [5, 5.41) is 2.23. The quantitative estimate of drug-likeness (QED) is 0.191. The third-order valence-corrected chi connectivity index (χ3v) is 6.90. The Labute approximate surface area is 231 Å². The number of nitrogens with one attached hydrogen (secondary N) is 1. The van der Waals surface area contributed by atoms with Crippen molar-refractivity contribution in [3.63, 3.8) is 0 Å². The number of benzene rings is 3. The van der Waals surface area contributed by atoms with E-state index in [0.29, 0.717) is 29.4 Å². The van der Waals surface area contributed by atoms with E-state index in [9.17, 15) is 14.4 Å². The molecule has 178 valence electrons. The highest BCUT2D eigenvalue weighted by Crippen LogP contribution is 2.35.